The van der Waals surface area contributed by atoms with Crippen molar-refractivity contribution in [2.24, 2.45) is 0 Å². The van der Waals surface area contributed by atoms with Crippen molar-refractivity contribution < 1.29 is 27.8 Å². The Labute approximate surface area is 249 Å². The molecule has 43 heavy (non-hydrogen) atoms. The van der Waals surface area contributed by atoms with Crippen LogP contribution in [0.25, 0.3) is 5.69 Å². The average Bonchev–Trinajstić information content (AvgIpc) is 3.46. The van der Waals surface area contributed by atoms with Crippen LogP contribution in [0.3, 0.4) is 0 Å². The third-order valence-electron chi connectivity index (χ3n) is 6.62. The molecule has 222 valence electrons. The molecule has 0 aliphatic carbocycles. The second-order valence-electron chi connectivity index (χ2n) is 9.62. The number of methoxy groups -OCH3 is 1. The van der Waals surface area contributed by atoms with E-state index in [4.69, 9.17) is 21.1 Å². The minimum absolute atomic E-state index is 0.0161. The van der Waals surface area contributed by atoms with Crippen LogP contribution in [0, 0.1) is 18.6 Å². The summed E-state index contributed by atoms with van der Waals surface area (Å²) in [7, 11) is 1.60. The van der Waals surface area contributed by atoms with E-state index in [9.17, 15) is 23.2 Å². The zero-order valence-electron chi connectivity index (χ0n) is 22.9. The lowest BCUT2D eigenvalue weighted by Crippen LogP contribution is -2.34. The van der Waals surface area contributed by atoms with Crippen molar-refractivity contribution in [3.05, 3.63) is 99.1 Å². The molecule has 1 aliphatic rings. The first-order chi connectivity index (χ1) is 20.6. The maximum absolute atomic E-state index is 15.0. The summed E-state index contributed by atoms with van der Waals surface area (Å²) in [5.74, 6) is -2.03. The number of anilines is 2. The van der Waals surface area contributed by atoms with E-state index in [2.05, 4.69) is 20.7 Å². The highest BCUT2D eigenvalue weighted by Gasteiger charge is 2.26. The Morgan fingerprint density at radius 1 is 1.05 bits per heavy atom. The first-order valence-corrected chi connectivity index (χ1v) is 13.4. The van der Waals surface area contributed by atoms with E-state index in [-0.39, 0.29) is 57.1 Å². The number of nitrogens with one attached hydrogen (secondary N) is 2. The number of nitrogens with zero attached hydrogens (tertiary/aromatic N) is 4. The van der Waals surface area contributed by atoms with E-state index in [1.54, 1.807) is 12.0 Å². The number of hydrogen-bond donors (Lipinski definition) is 2. The number of benzene rings is 2. The molecule has 2 aromatic heterocycles. The largest absolute Gasteiger partial charge is 0.454 e. The van der Waals surface area contributed by atoms with Crippen molar-refractivity contribution in [2.45, 2.75) is 19.4 Å². The van der Waals surface area contributed by atoms with Crippen LogP contribution in [0.5, 0.6) is 11.5 Å². The number of carbonyl (C=O) groups is 2. The second-order valence-corrected chi connectivity index (χ2v) is 10.1. The average molecular weight is 611 g/mol. The Hall–Kier alpha value is -4.88. The van der Waals surface area contributed by atoms with Gasteiger partial charge in [-0.25, -0.2) is 18.6 Å². The zero-order valence-corrected chi connectivity index (χ0v) is 23.7. The number of carbonyl (C=O) groups excluding carboxylic acids is 2. The van der Waals surface area contributed by atoms with Crippen LogP contribution in [0.15, 0.2) is 65.6 Å². The first kappa shape index (κ1) is 29.6. The van der Waals surface area contributed by atoms with E-state index in [1.807, 2.05) is 0 Å². The number of aromatic nitrogens is 3. The van der Waals surface area contributed by atoms with Gasteiger partial charge < -0.3 is 19.7 Å². The van der Waals surface area contributed by atoms with Gasteiger partial charge in [-0.05, 0) is 55.3 Å². The summed E-state index contributed by atoms with van der Waals surface area (Å²) in [4.78, 5) is 43.7. The zero-order chi connectivity index (χ0) is 30.7. The van der Waals surface area contributed by atoms with E-state index in [1.165, 1.54) is 49.5 Å². The number of amides is 3. The number of urea groups is 1. The molecule has 14 heteroatoms. The fraction of sp³-hybridized carbons (Fsp3) is 0.207. The summed E-state index contributed by atoms with van der Waals surface area (Å²) in [6.07, 6.45) is 2.13. The molecule has 1 fully saturated rings. The number of ether oxygens (including phenoxy) is 2. The molecule has 2 aromatic carbocycles. The van der Waals surface area contributed by atoms with Gasteiger partial charge in [0.15, 0.2) is 17.3 Å². The quantitative estimate of drug-likeness (QED) is 0.296. The topological polar surface area (TPSA) is 128 Å². The Morgan fingerprint density at radius 2 is 1.86 bits per heavy atom. The van der Waals surface area contributed by atoms with Crippen molar-refractivity contribution in [1.29, 1.82) is 0 Å². The van der Waals surface area contributed by atoms with Gasteiger partial charge >= 0.3 is 6.03 Å². The van der Waals surface area contributed by atoms with Crippen LogP contribution in [0.1, 0.15) is 22.5 Å². The number of pyridine rings is 1. The smallest absolute Gasteiger partial charge is 0.323 e. The normalized spacial score (nSPS) is 14.4. The summed E-state index contributed by atoms with van der Waals surface area (Å²) in [5, 5.41) is 9.40. The van der Waals surface area contributed by atoms with Gasteiger partial charge in [0.05, 0.1) is 6.10 Å². The van der Waals surface area contributed by atoms with Crippen molar-refractivity contribution in [2.75, 3.05) is 30.8 Å². The van der Waals surface area contributed by atoms with Crippen LogP contribution in [0.2, 0.25) is 5.02 Å². The molecule has 1 saturated heterocycles. The van der Waals surface area contributed by atoms with Crippen molar-refractivity contribution in [3.8, 4) is 17.2 Å². The van der Waals surface area contributed by atoms with Crippen LogP contribution < -0.4 is 20.9 Å². The van der Waals surface area contributed by atoms with Gasteiger partial charge in [0.2, 0.25) is 0 Å². The summed E-state index contributed by atoms with van der Waals surface area (Å²) in [6.45, 7) is 2.51. The molecule has 11 nitrogen and oxygen atoms in total. The molecule has 0 saturated carbocycles. The Bertz CT molecular complexity index is 1770. The maximum atomic E-state index is 15.0. The van der Waals surface area contributed by atoms with Crippen LogP contribution >= 0.6 is 11.6 Å². The third-order valence-corrected chi connectivity index (χ3v) is 6.86. The predicted molar refractivity (Wildman–Crippen MR) is 154 cm³/mol. The fourth-order valence-electron chi connectivity index (χ4n) is 4.40. The van der Waals surface area contributed by atoms with Crippen LogP contribution in [-0.2, 0) is 4.74 Å². The SMILES string of the molecule is COC1CCN(C(=O)Nc2cc(Oc3ccc(NC(=O)c4nn(-c5cc(Cl)ccc5F)c(=O)cc4C)cc3F)ccn2)C1. The number of aryl methyl sites for hydroxylation is 1. The van der Waals surface area contributed by atoms with Gasteiger partial charge in [0.25, 0.3) is 11.5 Å². The molecule has 0 spiro atoms. The minimum Gasteiger partial charge on any atom is -0.454 e. The predicted octanol–water partition coefficient (Wildman–Crippen LogP) is 5.16. The van der Waals surface area contributed by atoms with Gasteiger partial charge in [-0.3, -0.25) is 14.9 Å². The van der Waals surface area contributed by atoms with Crippen molar-refractivity contribution >= 4 is 35.0 Å². The van der Waals surface area contributed by atoms with Crippen molar-refractivity contribution in [3.63, 3.8) is 0 Å². The molecule has 4 aromatic rings. The van der Waals surface area contributed by atoms with Gasteiger partial charge in [-0.15, -0.1) is 0 Å². The summed E-state index contributed by atoms with van der Waals surface area (Å²) in [5.41, 5.74) is -0.778. The van der Waals surface area contributed by atoms with Gasteiger partial charge in [-0.2, -0.15) is 9.78 Å². The molecule has 1 atom stereocenters. The Morgan fingerprint density at radius 3 is 2.60 bits per heavy atom. The van der Waals surface area contributed by atoms with E-state index in [0.717, 1.165) is 29.3 Å². The Balaban J connectivity index is 1.28. The molecule has 3 heterocycles. The molecular weight excluding hydrogens is 586 g/mol. The molecule has 1 aliphatic heterocycles. The second kappa shape index (κ2) is 12.5. The van der Waals surface area contributed by atoms with E-state index < -0.39 is 23.1 Å². The number of hydrogen-bond acceptors (Lipinski definition) is 7. The third kappa shape index (κ3) is 6.79. The molecule has 2 N–H and O–H groups in total. The molecular formula is C29H25ClF2N6O5. The maximum Gasteiger partial charge on any atom is 0.323 e. The first-order valence-electron chi connectivity index (χ1n) is 13.0. The van der Waals surface area contributed by atoms with Gasteiger partial charge in [0, 0.05) is 55.3 Å². The van der Waals surface area contributed by atoms with Crippen LogP contribution in [0.4, 0.5) is 25.1 Å². The number of halogens is 3. The lowest BCUT2D eigenvalue weighted by molar-refractivity contribution is 0.101. The highest BCUT2D eigenvalue weighted by Crippen LogP contribution is 2.28. The molecule has 3 amide bonds. The van der Waals surface area contributed by atoms with E-state index >= 15 is 0 Å². The fourth-order valence-corrected chi connectivity index (χ4v) is 4.57. The summed E-state index contributed by atoms with van der Waals surface area (Å²) >= 11 is 5.94. The molecule has 5 rings (SSSR count). The summed E-state index contributed by atoms with van der Waals surface area (Å²) in [6, 6.07) is 11.1. The molecule has 1 unspecified atom stereocenters. The number of rotatable bonds is 7. The van der Waals surface area contributed by atoms with Gasteiger partial charge in [-0.1, -0.05) is 11.6 Å². The Kier molecular flexibility index (Phi) is 8.64. The standard InChI is InChI=1S/C29H25ClF2N6O5/c1-16-11-26(39)38(23-12-17(30)3-5-21(23)31)36-27(16)28(40)34-18-4-6-24(22(32)13-18)43-19-7-9-33-25(14-19)35-29(41)37-10-8-20(15-37)42-2/h3-7,9,11-14,20H,8,10,15H2,1-2H3,(H,34,40)(H,33,35,41). The lowest BCUT2D eigenvalue weighted by Gasteiger charge is -2.17. The highest BCUT2D eigenvalue weighted by atomic mass is 35.5. The highest BCUT2D eigenvalue weighted by molar-refractivity contribution is 6.30. The molecule has 0 radical (unpaired) electrons. The van der Waals surface area contributed by atoms with Crippen molar-refractivity contribution in [1.82, 2.24) is 19.7 Å². The minimum atomic E-state index is -0.793. The lowest BCUT2D eigenvalue weighted by atomic mass is 10.2. The van der Waals surface area contributed by atoms with E-state index in [0.29, 0.717) is 13.1 Å². The number of likely N-dealkylation sites (tertiary alicyclic amines) is 1. The molecule has 0 bridgehead atoms. The monoisotopic (exact) mass is 610 g/mol. The van der Waals surface area contributed by atoms with Gasteiger partial charge in [0.1, 0.15) is 23.1 Å². The summed E-state index contributed by atoms with van der Waals surface area (Å²) < 4.78 is 41.0. The van der Waals surface area contributed by atoms with Crippen LogP contribution in [-0.4, -0.2) is 57.9 Å².